The van der Waals surface area contributed by atoms with E-state index in [4.69, 9.17) is 14.6 Å². The number of ether oxygens (including phenoxy) is 2. The molecule has 88 valence electrons. The third-order valence-corrected chi connectivity index (χ3v) is 2.23. The first-order valence-electron chi connectivity index (χ1n) is 4.64. The van der Waals surface area contributed by atoms with E-state index < -0.39 is 37.3 Å². The van der Waals surface area contributed by atoms with Crippen LogP contribution in [0.4, 0.5) is 0 Å². The summed E-state index contributed by atoms with van der Waals surface area (Å²) in [5.41, 5.74) is 0. The summed E-state index contributed by atoms with van der Waals surface area (Å²) < 4.78 is 10.1. The van der Waals surface area contributed by atoms with Gasteiger partial charge in [0.1, 0.15) is 24.4 Å². The van der Waals surface area contributed by atoms with E-state index in [1.807, 2.05) is 0 Å². The Morgan fingerprint density at radius 3 is 2.40 bits per heavy atom. The van der Waals surface area contributed by atoms with Gasteiger partial charge in [0.15, 0.2) is 6.29 Å². The monoisotopic (exact) mass is 220 g/mol. The van der Waals surface area contributed by atoms with Crippen molar-refractivity contribution >= 4 is 0 Å². The summed E-state index contributed by atoms with van der Waals surface area (Å²) in [5, 5.41) is 37.1. The van der Waals surface area contributed by atoms with Crippen LogP contribution in [0, 0.1) is 0 Å². The van der Waals surface area contributed by atoms with Crippen molar-refractivity contribution < 1.29 is 29.9 Å². The standard InChI is InChI=1S/C9H16O6/c1-2-3-14-9-8(13)7(12)6(11)5(4-10)15-9/h2,5-13H,1,3-4H2/t5-,6-,7+,8-,9+/m1/s1. The lowest BCUT2D eigenvalue weighted by Crippen LogP contribution is -2.59. The van der Waals surface area contributed by atoms with E-state index in [-0.39, 0.29) is 6.61 Å². The van der Waals surface area contributed by atoms with Gasteiger partial charge >= 0.3 is 0 Å². The highest BCUT2D eigenvalue weighted by Crippen LogP contribution is 2.21. The highest BCUT2D eigenvalue weighted by molar-refractivity contribution is 4.89. The van der Waals surface area contributed by atoms with E-state index in [2.05, 4.69) is 6.58 Å². The van der Waals surface area contributed by atoms with Crippen molar-refractivity contribution in [2.24, 2.45) is 0 Å². The molecule has 6 nitrogen and oxygen atoms in total. The average molecular weight is 220 g/mol. The Balaban J connectivity index is 2.60. The van der Waals surface area contributed by atoms with Crippen LogP contribution in [0.3, 0.4) is 0 Å². The fourth-order valence-electron chi connectivity index (χ4n) is 1.37. The minimum Gasteiger partial charge on any atom is -0.394 e. The summed E-state index contributed by atoms with van der Waals surface area (Å²) in [5.74, 6) is 0. The van der Waals surface area contributed by atoms with Gasteiger partial charge in [-0.3, -0.25) is 0 Å². The fourth-order valence-corrected chi connectivity index (χ4v) is 1.37. The lowest BCUT2D eigenvalue weighted by Gasteiger charge is -2.39. The van der Waals surface area contributed by atoms with Gasteiger partial charge in [-0.1, -0.05) is 6.08 Å². The molecule has 0 bridgehead atoms. The van der Waals surface area contributed by atoms with Crippen LogP contribution in [0.25, 0.3) is 0 Å². The van der Waals surface area contributed by atoms with Crippen molar-refractivity contribution in [1.29, 1.82) is 0 Å². The summed E-state index contributed by atoms with van der Waals surface area (Å²) in [4.78, 5) is 0. The van der Waals surface area contributed by atoms with Gasteiger partial charge in [-0.05, 0) is 0 Å². The van der Waals surface area contributed by atoms with Gasteiger partial charge in [-0.15, -0.1) is 6.58 Å². The molecule has 0 aromatic carbocycles. The molecule has 1 aliphatic rings. The lowest BCUT2D eigenvalue weighted by molar-refractivity contribution is -0.298. The third-order valence-electron chi connectivity index (χ3n) is 2.23. The predicted octanol–water partition coefficient (Wildman–Crippen LogP) is -2.01. The zero-order valence-electron chi connectivity index (χ0n) is 8.19. The topological polar surface area (TPSA) is 99.4 Å². The van der Waals surface area contributed by atoms with Crippen molar-refractivity contribution in [2.45, 2.75) is 30.7 Å². The van der Waals surface area contributed by atoms with Crippen LogP contribution in [0.1, 0.15) is 0 Å². The predicted molar refractivity (Wildman–Crippen MR) is 49.9 cm³/mol. The molecular weight excluding hydrogens is 204 g/mol. The molecule has 15 heavy (non-hydrogen) atoms. The lowest BCUT2D eigenvalue weighted by atomic mass is 9.99. The smallest absolute Gasteiger partial charge is 0.187 e. The molecule has 1 rings (SSSR count). The Kier molecular flexibility index (Phi) is 4.65. The zero-order valence-corrected chi connectivity index (χ0v) is 8.19. The summed E-state index contributed by atoms with van der Waals surface area (Å²) >= 11 is 0. The zero-order chi connectivity index (χ0) is 11.4. The first kappa shape index (κ1) is 12.6. The molecule has 1 fully saturated rings. The molecule has 0 aromatic heterocycles. The van der Waals surface area contributed by atoms with Crippen LogP contribution in [-0.2, 0) is 9.47 Å². The number of aliphatic hydroxyl groups is 4. The third kappa shape index (κ3) is 2.75. The Hall–Kier alpha value is -0.500. The first-order valence-corrected chi connectivity index (χ1v) is 4.64. The molecule has 1 aliphatic heterocycles. The second-order valence-electron chi connectivity index (χ2n) is 3.32. The number of hydrogen-bond donors (Lipinski definition) is 4. The van der Waals surface area contributed by atoms with Crippen LogP contribution < -0.4 is 0 Å². The summed E-state index contributed by atoms with van der Waals surface area (Å²) in [6, 6.07) is 0. The van der Waals surface area contributed by atoms with E-state index in [1.165, 1.54) is 6.08 Å². The Labute approximate surface area is 87.4 Å². The van der Waals surface area contributed by atoms with Crippen LogP contribution >= 0.6 is 0 Å². The van der Waals surface area contributed by atoms with Crippen LogP contribution in [0.15, 0.2) is 12.7 Å². The molecule has 0 radical (unpaired) electrons. The minimum atomic E-state index is -1.40. The highest BCUT2D eigenvalue weighted by atomic mass is 16.7. The van der Waals surface area contributed by atoms with E-state index in [0.717, 1.165) is 0 Å². The second-order valence-corrected chi connectivity index (χ2v) is 3.32. The van der Waals surface area contributed by atoms with Crippen molar-refractivity contribution in [3.8, 4) is 0 Å². The average Bonchev–Trinajstić information content (AvgIpc) is 2.25. The van der Waals surface area contributed by atoms with E-state index >= 15 is 0 Å². The summed E-state index contributed by atoms with van der Waals surface area (Å²) in [6.07, 6.45) is -4.64. The van der Waals surface area contributed by atoms with E-state index in [9.17, 15) is 15.3 Å². The van der Waals surface area contributed by atoms with Gasteiger partial charge in [0.2, 0.25) is 0 Å². The first-order chi connectivity index (χ1) is 7.11. The van der Waals surface area contributed by atoms with Gasteiger partial charge in [0.25, 0.3) is 0 Å². The van der Waals surface area contributed by atoms with Crippen LogP contribution in [0.2, 0.25) is 0 Å². The molecular formula is C9H16O6. The summed E-state index contributed by atoms with van der Waals surface area (Å²) in [7, 11) is 0. The molecule has 1 heterocycles. The second kappa shape index (κ2) is 5.55. The molecule has 0 saturated carbocycles. The summed E-state index contributed by atoms with van der Waals surface area (Å²) in [6.45, 7) is 3.10. The van der Waals surface area contributed by atoms with Gasteiger partial charge < -0.3 is 29.9 Å². The van der Waals surface area contributed by atoms with Crippen LogP contribution in [0.5, 0.6) is 0 Å². The maximum absolute atomic E-state index is 9.47. The molecule has 0 unspecified atom stereocenters. The molecule has 6 heteroatoms. The number of rotatable bonds is 4. The Bertz CT molecular complexity index is 207. The SMILES string of the molecule is C=CCO[C@H]1O[C@H](CO)[C@@H](O)[C@H](O)[C@H]1O. The van der Waals surface area contributed by atoms with E-state index in [1.54, 1.807) is 0 Å². The Morgan fingerprint density at radius 1 is 1.20 bits per heavy atom. The van der Waals surface area contributed by atoms with Crippen LogP contribution in [-0.4, -0.2) is 64.3 Å². The normalized spacial score (nSPS) is 41.5. The molecule has 0 spiro atoms. The Morgan fingerprint density at radius 2 is 1.87 bits per heavy atom. The molecule has 0 aromatic rings. The van der Waals surface area contributed by atoms with Gasteiger partial charge in [0, 0.05) is 0 Å². The molecule has 4 N–H and O–H groups in total. The fraction of sp³-hybridized carbons (Fsp3) is 0.778. The van der Waals surface area contributed by atoms with Crippen molar-refractivity contribution in [3.05, 3.63) is 12.7 Å². The molecule has 1 saturated heterocycles. The van der Waals surface area contributed by atoms with Gasteiger partial charge in [0.05, 0.1) is 13.2 Å². The number of aliphatic hydroxyl groups excluding tert-OH is 4. The quantitative estimate of drug-likeness (QED) is 0.408. The molecule has 5 atom stereocenters. The van der Waals surface area contributed by atoms with Crippen molar-refractivity contribution in [1.82, 2.24) is 0 Å². The van der Waals surface area contributed by atoms with E-state index in [0.29, 0.717) is 0 Å². The minimum absolute atomic E-state index is 0.142. The molecule has 0 aliphatic carbocycles. The van der Waals surface area contributed by atoms with Crippen molar-refractivity contribution in [2.75, 3.05) is 13.2 Å². The highest BCUT2D eigenvalue weighted by Gasteiger charge is 2.43. The maximum atomic E-state index is 9.47. The maximum Gasteiger partial charge on any atom is 0.187 e. The largest absolute Gasteiger partial charge is 0.394 e. The van der Waals surface area contributed by atoms with Gasteiger partial charge in [-0.2, -0.15) is 0 Å². The van der Waals surface area contributed by atoms with Gasteiger partial charge in [-0.25, -0.2) is 0 Å². The molecule has 0 amide bonds. The number of hydrogen-bond acceptors (Lipinski definition) is 6. The van der Waals surface area contributed by atoms with Crippen molar-refractivity contribution in [3.63, 3.8) is 0 Å².